The van der Waals surface area contributed by atoms with Gasteiger partial charge in [0.2, 0.25) is 0 Å². The first-order valence-corrected chi connectivity index (χ1v) is 5.76. The van der Waals surface area contributed by atoms with Gasteiger partial charge in [-0.15, -0.1) is 0 Å². The summed E-state index contributed by atoms with van der Waals surface area (Å²) in [7, 11) is 0. The molecule has 1 aromatic carbocycles. The van der Waals surface area contributed by atoms with Crippen molar-refractivity contribution in [2.75, 3.05) is 13.2 Å². The number of hydrogen-bond acceptors (Lipinski definition) is 6. The molecule has 0 saturated carbocycles. The third kappa shape index (κ3) is 4.03. The molecule has 0 amide bonds. The van der Waals surface area contributed by atoms with Crippen LogP contribution in [0.4, 0.5) is 0 Å². The summed E-state index contributed by atoms with van der Waals surface area (Å²) < 4.78 is 9.28. The van der Waals surface area contributed by atoms with Crippen molar-refractivity contribution >= 4 is 17.9 Å². The molecule has 1 N–H and O–H groups in total. The van der Waals surface area contributed by atoms with E-state index in [2.05, 4.69) is 11.3 Å². The van der Waals surface area contributed by atoms with Crippen molar-refractivity contribution in [3.05, 3.63) is 47.5 Å². The summed E-state index contributed by atoms with van der Waals surface area (Å²) in [6, 6.07) is 5.75. The summed E-state index contributed by atoms with van der Waals surface area (Å²) in [6.45, 7) is 4.24. The van der Waals surface area contributed by atoms with Gasteiger partial charge in [-0.05, 0) is 19.1 Å². The summed E-state index contributed by atoms with van der Waals surface area (Å²) >= 11 is 0. The number of hydrogen-bond donors (Lipinski definition) is 1. The lowest BCUT2D eigenvalue weighted by atomic mass is 10.1. The SMILES string of the molecule is C=C(C)C(=O)OC(=O)c1ccccc1C(=O)OCCO. The van der Waals surface area contributed by atoms with Gasteiger partial charge >= 0.3 is 17.9 Å². The standard InChI is InChI=1S/C14H14O6/c1-9(2)12(16)20-14(18)11-6-4-3-5-10(11)13(17)19-8-7-15/h3-6,15H,1,7-8H2,2H3. The highest BCUT2D eigenvalue weighted by Crippen LogP contribution is 2.12. The molecule has 6 nitrogen and oxygen atoms in total. The largest absolute Gasteiger partial charge is 0.460 e. The van der Waals surface area contributed by atoms with E-state index >= 15 is 0 Å². The van der Waals surface area contributed by atoms with Crippen LogP contribution in [-0.2, 0) is 14.3 Å². The molecule has 0 aliphatic carbocycles. The van der Waals surface area contributed by atoms with Crippen molar-refractivity contribution in [2.45, 2.75) is 6.92 Å². The van der Waals surface area contributed by atoms with E-state index in [0.717, 1.165) is 0 Å². The summed E-state index contributed by atoms with van der Waals surface area (Å²) in [4.78, 5) is 34.8. The Morgan fingerprint density at radius 2 is 1.70 bits per heavy atom. The van der Waals surface area contributed by atoms with Crippen LogP contribution in [0.25, 0.3) is 0 Å². The Morgan fingerprint density at radius 1 is 1.15 bits per heavy atom. The number of carbonyl (C=O) groups excluding carboxylic acids is 3. The van der Waals surface area contributed by atoms with Gasteiger partial charge < -0.3 is 14.6 Å². The van der Waals surface area contributed by atoms with Gasteiger partial charge in [0.1, 0.15) is 6.61 Å². The normalized spacial score (nSPS) is 9.70. The molecule has 0 aromatic heterocycles. The topological polar surface area (TPSA) is 89.9 Å². The van der Waals surface area contributed by atoms with E-state index < -0.39 is 17.9 Å². The number of benzene rings is 1. The van der Waals surface area contributed by atoms with Gasteiger partial charge in [-0.1, -0.05) is 18.7 Å². The highest BCUT2D eigenvalue weighted by molar-refractivity contribution is 6.07. The first-order chi connectivity index (χ1) is 9.47. The highest BCUT2D eigenvalue weighted by atomic mass is 16.6. The molecule has 0 fully saturated rings. The Labute approximate surface area is 115 Å². The third-order valence-corrected chi connectivity index (χ3v) is 2.23. The maximum Gasteiger partial charge on any atom is 0.346 e. The Bertz CT molecular complexity index is 546. The molecule has 0 bridgehead atoms. The van der Waals surface area contributed by atoms with Crippen molar-refractivity contribution in [3.63, 3.8) is 0 Å². The lowest BCUT2D eigenvalue weighted by Crippen LogP contribution is -2.18. The summed E-state index contributed by atoms with van der Waals surface area (Å²) in [5.41, 5.74) is -0.0656. The molecule has 0 aliphatic heterocycles. The quantitative estimate of drug-likeness (QED) is 0.492. The minimum Gasteiger partial charge on any atom is -0.460 e. The number of ether oxygens (including phenoxy) is 2. The minimum atomic E-state index is -0.963. The second kappa shape index (κ2) is 7.20. The number of aliphatic hydroxyl groups is 1. The minimum absolute atomic E-state index is 0.0412. The molecule has 6 heteroatoms. The van der Waals surface area contributed by atoms with Crippen LogP contribution in [0.3, 0.4) is 0 Å². The lowest BCUT2D eigenvalue weighted by Gasteiger charge is -2.08. The molecule has 0 aliphatic rings. The van der Waals surface area contributed by atoms with E-state index in [1.165, 1.54) is 31.2 Å². The van der Waals surface area contributed by atoms with Crippen LogP contribution in [0.2, 0.25) is 0 Å². The molecule has 0 saturated heterocycles. The Kier molecular flexibility index (Phi) is 5.61. The zero-order valence-electron chi connectivity index (χ0n) is 10.9. The van der Waals surface area contributed by atoms with Gasteiger partial charge in [0, 0.05) is 5.57 Å². The van der Waals surface area contributed by atoms with Gasteiger partial charge in [0.15, 0.2) is 0 Å². The van der Waals surface area contributed by atoms with Crippen LogP contribution in [0.5, 0.6) is 0 Å². The highest BCUT2D eigenvalue weighted by Gasteiger charge is 2.21. The van der Waals surface area contributed by atoms with Gasteiger partial charge in [-0.25, -0.2) is 14.4 Å². The third-order valence-electron chi connectivity index (χ3n) is 2.23. The van der Waals surface area contributed by atoms with Gasteiger partial charge in [-0.3, -0.25) is 0 Å². The molecular formula is C14H14O6. The number of esters is 3. The molecule has 0 heterocycles. The Morgan fingerprint density at radius 3 is 2.20 bits per heavy atom. The number of rotatable bonds is 5. The molecular weight excluding hydrogens is 264 g/mol. The molecule has 0 atom stereocenters. The fourth-order valence-corrected chi connectivity index (χ4v) is 1.28. The molecule has 20 heavy (non-hydrogen) atoms. The smallest absolute Gasteiger partial charge is 0.346 e. The first kappa shape index (κ1) is 15.6. The Hall–Kier alpha value is -2.47. The zero-order chi connectivity index (χ0) is 15.1. The van der Waals surface area contributed by atoms with Gasteiger partial charge in [-0.2, -0.15) is 0 Å². The van der Waals surface area contributed by atoms with Crippen LogP contribution in [0, 0.1) is 0 Å². The molecule has 1 rings (SSSR count). The summed E-state index contributed by atoms with van der Waals surface area (Å²) in [5.74, 6) is -2.61. The lowest BCUT2D eigenvalue weighted by molar-refractivity contribution is -0.133. The molecule has 0 spiro atoms. The monoisotopic (exact) mass is 278 g/mol. The molecule has 1 aromatic rings. The van der Waals surface area contributed by atoms with Crippen molar-refractivity contribution < 1.29 is 29.0 Å². The van der Waals surface area contributed by atoms with Crippen molar-refractivity contribution in [2.24, 2.45) is 0 Å². The first-order valence-electron chi connectivity index (χ1n) is 5.76. The number of aliphatic hydroxyl groups excluding tert-OH is 1. The summed E-state index contributed by atoms with van der Waals surface area (Å²) in [6.07, 6.45) is 0. The van der Waals surface area contributed by atoms with Crippen LogP contribution in [0.15, 0.2) is 36.4 Å². The van der Waals surface area contributed by atoms with Gasteiger partial charge in [0.05, 0.1) is 17.7 Å². The second-order valence-corrected chi connectivity index (χ2v) is 3.86. The Balaban J connectivity index is 2.95. The van der Waals surface area contributed by atoms with E-state index in [1.807, 2.05) is 0 Å². The van der Waals surface area contributed by atoms with E-state index in [0.29, 0.717) is 0 Å². The molecule has 0 unspecified atom stereocenters. The summed E-state index contributed by atoms with van der Waals surface area (Å²) in [5, 5.41) is 8.60. The van der Waals surface area contributed by atoms with Crippen LogP contribution >= 0.6 is 0 Å². The van der Waals surface area contributed by atoms with E-state index in [4.69, 9.17) is 9.84 Å². The van der Waals surface area contributed by atoms with Crippen molar-refractivity contribution in [1.82, 2.24) is 0 Å². The maximum absolute atomic E-state index is 11.8. The van der Waals surface area contributed by atoms with E-state index in [9.17, 15) is 14.4 Å². The van der Waals surface area contributed by atoms with Crippen LogP contribution in [-0.4, -0.2) is 36.2 Å². The average Bonchev–Trinajstić information content (AvgIpc) is 2.44. The maximum atomic E-state index is 11.8. The van der Waals surface area contributed by atoms with E-state index in [1.54, 1.807) is 0 Å². The fraction of sp³-hybridized carbons (Fsp3) is 0.214. The number of carbonyl (C=O) groups is 3. The van der Waals surface area contributed by atoms with Crippen molar-refractivity contribution in [3.8, 4) is 0 Å². The van der Waals surface area contributed by atoms with Crippen LogP contribution in [0.1, 0.15) is 27.6 Å². The average molecular weight is 278 g/mol. The zero-order valence-corrected chi connectivity index (χ0v) is 10.9. The fourth-order valence-electron chi connectivity index (χ4n) is 1.28. The predicted molar refractivity (Wildman–Crippen MR) is 69.0 cm³/mol. The second-order valence-electron chi connectivity index (χ2n) is 3.86. The van der Waals surface area contributed by atoms with Crippen molar-refractivity contribution in [1.29, 1.82) is 0 Å². The van der Waals surface area contributed by atoms with Gasteiger partial charge in [0.25, 0.3) is 0 Å². The predicted octanol–water partition coefficient (Wildman–Crippen LogP) is 1.10. The molecule has 0 radical (unpaired) electrons. The van der Waals surface area contributed by atoms with E-state index in [-0.39, 0.29) is 29.9 Å². The van der Waals surface area contributed by atoms with Crippen LogP contribution < -0.4 is 0 Å². The molecule has 106 valence electrons.